The smallest absolute Gasteiger partial charge is 0.167 e. The van der Waals surface area contributed by atoms with Gasteiger partial charge >= 0.3 is 0 Å². The fraction of sp³-hybridized carbons (Fsp3) is 0.125. The average Bonchev–Trinajstić information content (AvgIpc) is 2.36. The number of hydrogen-bond acceptors (Lipinski definition) is 2. The molecular weight excluding hydrogens is 206 g/mol. The maximum atomic E-state index is 4.97. The summed E-state index contributed by atoms with van der Waals surface area (Å²) in [5.74, 6) is 0. The predicted molar refractivity (Wildman–Crippen MR) is 46.4 cm³/mol. The van der Waals surface area contributed by atoms with Gasteiger partial charge in [0.2, 0.25) is 0 Å². The first-order valence-electron chi connectivity index (χ1n) is 3.28. The van der Waals surface area contributed by atoms with Gasteiger partial charge in [-0.3, -0.25) is 0 Å². The van der Waals surface area contributed by atoms with Crippen molar-refractivity contribution < 1.29 is 4.52 Å². The standard InChI is InChI=1S/C8H6BrNO/c1-5-2-6-4-10-11-8(6)3-7(5)9/h2-4H,1H3. The van der Waals surface area contributed by atoms with E-state index < -0.39 is 0 Å². The van der Waals surface area contributed by atoms with Crippen LogP contribution in [0.15, 0.2) is 27.3 Å². The lowest BCUT2D eigenvalue weighted by atomic mass is 10.2. The Morgan fingerprint density at radius 1 is 1.45 bits per heavy atom. The molecule has 0 spiro atoms. The van der Waals surface area contributed by atoms with E-state index >= 15 is 0 Å². The van der Waals surface area contributed by atoms with Crippen molar-refractivity contribution in [2.75, 3.05) is 0 Å². The van der Waals surface area contributed by atoms with Crippen molar-refractivity contribution in [1.82, 2.24) is 5.16 Å². The topological polar surface area (TPSA) is 26.0 Å². The molecule has 0 aliphatic rings. The Balaban J connectivity index is 2.86. The normalized spacial score (nSPS) is 10.7. The highest BCUT2D eigenvalue weighted by atomic mass is 79.9. The van der Waals surface area contributed by atoms with Crippen LogP contribution < -0.4 is 0 Å². The molecule has 1 heterocycles. The van der Waals surface area contributed by atoms with Gasteiger partial charge in [-0.15, -0.1) is 0 Å². The third-order valence-corrected chi connectivity index (χ3v) is 2.49. The first-order chi connectivity index (χ1) is 5.27. The molecule has 0 unspecified atom stereocenters. The molecule has 3 heteroatoms. The van der Waals surface area contributed by atoms with Gasteiger partial charge in [-0.25, -0.2) is 0 Å². The zero-order valence-electron chi connectivity index (χ0n) is 5.97. The fourth-order valence-corrected chi connectivity index (χ4v) is 1.33. The highest BCUT2D eigenvalue weighted by Crippen LogP contribution is 2.23. The Labute approximate surface area is 72.3 Å². The molecular formula is C8H6BrNO. The minimum absolute atomic E-state index is 0.822. The number of hydrogen-bond donors (Lipinski definition) is 0. The molecule has 0 bridgehead atoms. The summed E-state index contributed by atoms with van der Waals surface area (Å²) < 4.78 is 6.03. The van der Waals surface area contributed by atoms with Crippen LogP contribution in [0.1, 0.15) is 5.56 Å². The van der Waals surface area contributed by atoms with Gasteiger partial charge in [0.15, 0.2) is 5.58 Å². The van der Waals surface area contributed by atoms with Crippen molar-refractivity contribution >= 4 is 26.9 Å². The molecule has 2 rings (SSSR count). The van der Waals surface area contributed by atoms with Gasteiger partial charge in [-0.05, 0) is 24.6 Å². The van der Waals surface area contributed by atoms with E-state index in [0.29, 0.717) is 0 Å². The maximum absolute atomic E-state index is 4.97. The summed E-state index contributed by atoms with van der Waals surface area (Å²) in [6.45, 7) is 2.04. The Morgan fingerprint density at radius 2 is 2.27 bits per heavy atom. The summed E-state index contributed by atoms with van der Waals surface area (Å²) in [6, 6.07) is 3.97. The van der Waals surface area contributed by atoms with Crippen LogP contribution in [0, 0.1) is 6.92 Å². The van der Waals surface area contributed by atoms with Crippen molar-refractivity contribution in [3.8, 4) is 0 Å². The summed E-state index contributed by atoms with van der Waals surface area (Å²) in [6.07, 6.45) is 1.72. The Morgan fingerprint density at radius 3 is 3.09 bits per heavy atom. The SMILES string of the molecule is Cc1cc2cnoc2cc1Br. The average molecular weight is 212 g/mol. The molecule has 2 nitrogen and oxygen atoms in total. The van der Waals surface area contributed by atoms with E-state index in [2.05, 4.69) is 21.1 Å². The molecule has 0 fully saturated rings. The Hall–Kier alpha value is -0.830. The molecule has 2 aromatic rings. The number of aromatic nitrogens is 1. The number of fused-ring (bicyclic) bond motifs is 1. The molecule has 0 radical (unpaired) electrons. The third kappa shape index (κ3) is 1.05. The molecule has 1 aromatic heterocycles. The van der Waals surface area contributed by atoms with Crippen LogP contribution in [-0.4, -0.2) is 5.16 Å². The van der Waals surface area contributed by atoms with Gasteiger partial charge < -0.3 is 4.52 Å². The van der Waals surface area contributed by atoms with E-state index in [-0.39, 0.29) is 0 Å². The van der Waals surface area contributed by atoms with E-state index in [1.807, 2.05) is 19.1 Å². The van der Waals surface area contributed by atoms with Crippen LogP contribution in [0.5, 0.6) is 0 Å². The van der Waals surface area contributed by atoms with Crippen LogP contribution in [0.4, 0.5) is 0 Å². The predicted octanol–water partition coefficient (Wildman–Crippen LogP) is 2.90. The van der Waals surface area contributed by atoms with E-state index in [1.165, 1.54) is 5.56 Å². The number of halogens is 1. The summed E-state index contributed by atoms with van der Waals surface area (Å²) in [5.41, 5.74) is 2.02. The summed E-state index contributed by atoms with van der Waals surface area (Å²) >= 11 is 3.41. The lowest BCUT2D eigenvalue weighted by Crippen LogP contribution is -1.73. The molecule has 0 aliphatic carbocycles. The summed E-state index contributed by atoms with van der Waals surface area (Å²) in [4.78, 5) is 0. The van der Waals surface area contributed by atoms with Gasteiger partial charge in [-0.2, -0.15) is 0 Å². The second kappa shape index (κ2) is 2.34. The number of rotatable bonds is 0. The molecule has 0 saturated carbocycles. The first-order valence-corrected chi connectivity index (χ1v) is 4.07. The highest BCUT2D eigenvalue weighted by Gasteiger charge is 2.01. The second-order valence-corrected chi connectivity index (χ2v) is 3.32. The number of aryl methyl sites for hydroxylation is 1. The minimum atomic E-state index is 0.822. The molecule has 1 aromatic carbocycles. The van der Waals surface area contributed by atoms with E-state index in [4.69, 9.17) is 4.52 Å². The van der Waals surface area contributed by atoms with Gasteiger partial charge in [-0.1, -0.05) is 21.1 Å². The largest absolute Gasteiger partial charge is 0.356 e. The second-order valence-electron chi connectivity index (χ2n) is 2.47. The van der Waals surface area contributed by atoms with Crippen molar-refractivity contribution in [3.63, 3.8) is 0 Å². The molecule has 0 aliphatic heterocycles. The zero-order chi connectivity index (χ0) is 7.84. The lowest BCUT2D eigenvalue weighted by molar-refractivity contribution is 0.456. The van der Waals surface area contributed by atoms with Crippen molar-refractivity contribution in [2.45, 2.75) is 6.92 Å². The monoisotopic (exact) mass is 211 g/mol. The van der Waals surface area contributed by atoms with Crippen molar-refractivity contribution in [2.24, 2.45) is 0 Å². The van der Waals surface area contributed by atoms with Crippen LogP contribution >= 0.6 is 15.9 Å². The van der Waals surface area contributed by atoms with Gasteiger partial charge in [0.25, 0.3) is 0 Å². The zero-order valence-corrected chi connectivity index (χ0v) is 7.55. The van der Waals surface area contributed by atoms with Crippen LogP contribution in [0.3, 0.4) is 0 Å². The summed E-state index contributed by atoms with van der Waals surface area (Å²) in [5, 5.41) is 4.73. The van der Waals surface area contributed by atoms with E-state index in [1.54, 1.807) is 6.20 Å². The van der Waals surface area contributed by atoms with Crippen LogP contribution in [0.25, 0.3) is 11.0 Å². The minimum Gasteiger partial charge on any atom is -0.356 e. The third-order valence-electron chi connectivity index (χ3n) is 1.63. The summed E-state index contributed by atoms with van der Waals surface area (Å²) in [7, 11) is 0. The lowest BCUT2D eigenvalue weighted by Gasteiger charge is -1.94. The molecule has 0 N–H and O–H groups in total. The van der Waals surface area contributed by atoms with Gasteiger partial charge in [0, 0.05) is 9.86 Å². The molecule has 0 saturated heterocycles. The molecule has 0 amide bonds. The van der Waals surface area contributed by atoms with E-state index in [0.717, 1.165) is 15.4 Å². The first kappa shape index (κ1) is 6.85. The van der Waals surface area contributed by atoms with Gasteiger partial charge in [0.05, 0.1) is 6.20 Å². The molecule has 56 valence electrons. The molecule has 0 atom stereocenters. The van der Waals surface area contributed by atoms with Gasteiger partial charge in [0.1, 0.15) is 0 Å². The highest BCUT2D eigenvalue weighted by molar-refractivity contribution is 9.10. The van der Waals surface area contributed by atoms with E-state index in [9.17, 15) is 0 Å². The quantitative estimate of drug-likeness (QED) is 0.670. The van der Waals surface area contributed by atoms with Crippen molar-refractivity contribution in [1.29, 1.82) is 0 Å². The number of nitrogens with zero attached hydrogens (tertiary/aromatic N) is 1. The fourth-order valence-electron chi connectivity index (χ4n) is 1.01. The Kier molecular flexibility index (Phi) is 1.46. The van der Waals surface area contributed by atoms with Crippen LogP contribution in [-0.2, 0) is 0 Å². The molecule has 11 heavy (non-hydrogen) atoms. The Bertz CT molecular complexity index is 358. The maximum Gasteiger partial charge on any atom is 0.167 e. The number of benzene rings is 1. The van der Waals surface area contributed by atoms with Crippen LogP contribution in [0.2, 0.25) is 0 Å². The van der Waals surface area contributed by atoms with Crippen molar-refractivity contribution in [3.05, 3.63) is 28.4 Å².